The molecule has 0 amide bonds. The Labute approximate surface area is 132 Å². The summed E-state index contributed by atoms with van der Waals surface area (Å²) in [5.41, 5.74) is 2.95. The molecule has 1 aliphatic heterocycles. The van der Waals surface area contributed by atoms with Crippen LogP contribution in [0.1, 0.15) is 23.6 Å². The third-order valence-corrected chi connectivity index (χ3v) is 4.49. The number of benzene rings is 1. The zero-order valence-corrected chi connectivity index (χ0v) is 13.0. The fourth-order valence-electron chi connectivity index (χ4n) is 2.39. The molecule has 1 aliphatic rings. The van der Waals surface area contributed by atoms with Crippen molar-refractivity contribution in [2.45, 2.75) is 12.5 Å². The van der Waals surface area contributed by atoms with Gasteiger partial charge in [0.2, 0.25) is 0 Å². The van der Waals surface area contributed by atoms with Crippen LogP contribution in [-0.2, 0) is 0 Å². The van der Waals surface area contributed by atoms with E-state index in [4.69, 9.17) is 12.2 Å². The van der Waals surface area contributed by atoms with E-state index in [1.807, 2.05) is 17.5 Å². The van der Waals surface area contributed by atoms with Gasteiger partial charge in [-0.2, -0.15) is 16.4 Å². The van der Waals surface area contributed by atoms with Crippen LogP contribution in [0.2, 0.25) is 0 Å². The molecule has 0 saturated carbocycles. The number of thiophene rings is 1. The fraction of sp³-hybridized carbons (Fsp3) is 0.200. The van der Waals surface area contributed by atoms with Gasteiger partial charge in [-0.3, -0.25) is 0 Å². The average molecular weight is 319 g/mol. The molecule has 1 unspecified atom stereocenters. The van der Waals surface area contributed by atoms with Gasteiger partial charge in [0.25, 0.3) is 0 Å². The standard InChI is InChI=1S/C15H14FN3S2/c1-17-15(20)19-14(10-3-2-4-12(16)7-10)8-13(18-19)11-5-6-21-9-11/h2-7,9,14H,8H2,1H3,(H,17,20). The van der Waals surface area contributed by atoms with Gasteiger partial charge in [-0.15, -0.1) is 0 Å². The first kappa shape index (κ1) is 14.2. The number of thiocarbonyl (C=S) groups is 1. The molecule has 0 spiro atoms. The van der Waals surface area contributed by atoms with Gasteiger partial charge >= 0.3 is 0 Å². The van der Waals surface area contributed by atoms with Gasteiger partial charge in [-0.25, -0.2) is 9.40 Å². The van der Waals surface area contributed by atoms with Crippen LogP contribution in [0.15, 0.2) is 46.2 Å². The summed E-state index contributed by atoms with van der Waals surface area (Å²) in [6, 6.07) is 8.58. The van der Waals surface area contributed by atoms with Gasteiger partial charge in [0.05, 0.1) is 11.8 Å². The Bertz CT molecular complexity index is 682. The first-order valence-corrected chi connectivity index (χ1v) is 7.90. The summed E-state index contributed by atoms with van der Waals surface area (Å²) in [4.78, 5) is 0. The minimum Gasteiger partial charge on any atom is -0.364 e. The van der Waals surface area contributed by atoms with Crippen LogP contribution in [-0.4, -0.2) is 22.9 Å². The molecular formula is C15H14FN3S2. The van der Waals surface area contributed by atoms with Crippen molar-refractivity contribution in [2.24, 2.45) is 5.10 Å². The molecule has 1 atom stereocenters. The molecule has 21 heavy (non-hydrogen) atoms. The van der Waals surface area contributed by atoms with E-state index in [-0.39, 0.29) is 11.9 Å². The second-order valence-corrected chi connectivity index (χ2v) is 5.90. The third-order valence-electron chi connectivity index (χ3n) is 3.42. The Hall–Kier alpha value is -1.79. The van der Waals surface area contributed by atoms with E-state index in [0.29, 0.717) is 11.5 Å². The summed E-state index contributed by atoms with van der Waals surface area (Å²) in [5.74, 6) is -0.244. The second-order valence-electron chi connectivity index (χ2n) is 4.73. The lowest BCUT2D eigenvalue weighted by molar-refractivity contribution is 0.365. The summed E-state index contributed by atoms with van der Waals surface area (Å²) < 4.78 is 13.5. The Morgan fingerprint density at radius 3 is 3.00 bits per heavy atom. The van der Waals surface area contributed by atoms with E-state index in [1.165, 1.54) is 6.07 Å². The molecule has 2 heterocycles. The van der Waals surface area contributed by atoms with Crippen molar-refractivity contribution in [3.8, 4) is 0 Å². The number of halogens is 1. The lowest BCUT2D eigenvalue weighted by Crippen LogP contribution is -2.34. The number of hydrogen-bond acceptors (Lipinski definition) is 3. The molecule has 0 aliphatic carbocycles. The van der Waals surface area contributed by atoms with Crippen molar-refractivity contribution in [1.29, 1.82) is 0 Å². The lowest BCUT2D eigenvalue weighted by atomic mass is 10.00. The van der Waals surface area contributed by atoms with Crippen LogP contribution in [0.4, 0.5) is 4.39 Å². The summed E-state index contributed by atoms with van der Waals surface area (Å²) in [6.07, 6.45) is 0.710. The maximum atomic E-state index is 13.5. The van der Waals surface area contributed by atoms with Crippen LogP contribution in [0.5, 0.6) is 0 Å². The minimum atomic E-state index is -0.244. The van der Waals surface area contributed by atoms with Gasteiger partial charge in [-0.1, -0.05) is 12.1 Å². The zero-order valence-electron chi connectivity index (χ0n) is 11.4. The first-order valence-electron chi connectivity index (χ1n) is 6.55. The topological polar surface area (TPSA) is 27.6 Å². The highest BCUT2D eigenvalue weighted by Crippen LogP contribution is 2.33. The molecule has 1 aromatic carbocycles. The number of nitrogens with zero attached hydrogens (tertiary/aromatic N) is 2. The SMILES string of the molecule is CNC(=S)N1N=C(c2ccsc2)CC1c1cccc(F)c1. The van der Waals surface area contributed by atoms with Crippen LogP contribution in [0.3, 0.4) is 0 Å². The van der Waals surface area contributed by atoms with Gasteiger partial charge in [0, 0.05) is 19.0 Å². The summed E-state index contributed by atoms with van der Waals surface area (Å²) in [6.45, 7) is 0. The number of hydrogen-bond donors (Lipinski definition) is 1. The van der Waals surface area contributed by atoms with Crippen LogP contribution in [0.25, 0.3) is 0 Å². The lowest BCUT2D eigenvalue weighted by Gasteiger charge is -2.23. The number of hydrazone groups is 1. The molecule has 1 N–H and O–H groups in total. The molecule has 3 nitrogen and oxygen atoms in total. The van der Waals surface area contributed by atoms with E-state index in [1.54, 1.807) is 35.5 Å². The van der Waals surface area contributed by atoms with Gasteiger partial charge < -0.3 is 5.32 Å². The first-order chi connectivity index (χ1) is 10.2. The molecule has 6 heteroatoms. The maximum Gasteiger partial charge on any atom is 0.189 e. The molecule has 0 saturated heterocycles. The molecule has 0 bridgehead atoms. The average Bonchev–Trinajstić information content (AvgIpc) is 3.15. The molecular weight excluding hydrogens is 305 g/mol. The van der Waals surface area contributed by atoms with E-state index in [9.17, 15) is 4.39 Å². The molecule has 0 fully saturated rings. The second kappa shape index (κ2) is 5.91. The van der Waals surface area contributed by atoms with Crippen molar-refractivity contribution in [2.75, 3.05) is 7.05 Å². The number of nitrogens with one attached hydrogen (secondary N) is 1. The van der Waals surface area contributed by atoms with Gasteiger partial charge in [-0.05, 0) is 46.7 Å². The highest BCUT2D eigenvalue weighted by atomic mass is 32.1. The predicted molar refractivity (Wildman–Crippen MR) is 88.1 cm³/mol. The van der Waals surface area contributed by atoms with Gasteiger partial charge in [0.1, 0.15) is 5.82 Å². The van der Waals surface area contributed by atoms with Crippen LogP contribution >= 0.6 is 23.6 Å². The van der Waals surface area contributed by atoms with Crippen molar-refractivity contribution in [1.82, 2.24) is 10.3 Å². The molecule has 2 aromatic rings. The highest BCUT2D eigenvalue weighted by Gasteiger charge is 2.31. The maximum absolute atomic E-state index is 13.5. The summed E-state index contributed by atoms with van der Waals surface area (Å²) in [7, 11) is 1.77. The number of rotatable bonds is 2. The Balaban J connectivity index is 1.95. The van der Waals surface area contributed by atoms with Crippen molar-refractivity contribution < 1.29 is 4.39 Å². The van der Waals surface area contributed by atoms with E-state index in [2.05, 4.69) is 15.8 Å². The van der Waals surface area contributed by atoms with E-state index < -0.39 is 0 Å². The Morgan fingerprint density at radius 2 is 2.33 bits per heavy atom. The van der Waals surface area contributed by atoms with E-state index >= 15 is 0 Å². The normalized spacial score (nSPS) is 17.7. The smallest absolute Gasteiger partial charge is 0.189 e. The van der Waals surface area contributed by atoms with Crippen molar-refractivity contribution >= 4 is 34.4 Å². The Kier molecular flexibility index (Phi) is 3.98. The molecule has 0 radical (unpaired) electrons. The van der Waals surface area contributed by atoms with Crippen molar-refractivity contribution in [3.05, 3.63) is 58.0 Å². The third kappa shape index (κ3) is 2.82. The minimum absolute atomic E-state index is 0.0736. The fourth-order valence-corrected chi connectivity index (χ4v) is 3.22. The zero-order chi connectivity index (χ0) is 14.8. The highest BCUT2D eigenvalue weighted by molar-refractivity contribution is 7.80. The summed E-state index contributed by atoms with van der Waals surface area (Å²) >= 11 is 6.96. The monoisotopic (exact) mass is 319 g/mol. The van der Waals surface area contributed by atoms with Gasteiger partial charge in [0.15, 0.2) is 5.11 Å². The predicted octanol–water partition coefficient (Wildman–Crippen LogP) is 3.54. The quantitative estimate of drug-likeness (QED) is 0.858. The van der Waals surface area contributed by atoms with Crippen LogP contribution < -0.4 is 5.32 Å². The van der Waals surface area contributed by atoms with E-state index in [0.717, 1.165) is 16.8 Å². The summed E-state index contributed by atoms with van der Waals surface area (Å²) in [5, 5.41) is 13.9. The molecule has 3 rings (SSSR count). The Morgan fingerprint density at radius 1 is 1.48 bits per heavy atom. The largest absolute Gasteiger partial charge is 0.364 e. The van der Waals surface area contributed by atoms with Crippen LogP contribution in [0, 0.1) is 5.82 Å². The van der Waals surface area contributed by atoms with Crippen molar-refractivity contribution in [3.63, 3.8) is 0 Å². The molecule has 1 aromatic heterocycles. The molecule has 108 valence electrons.